The Kier molecular flexibility index (Phi) is 13.5. The summed E-state index contributed by atoms with van der Waals surface area (Å²) < 4.78 is 46.3. The van der Waals surface area contributed by atoms with Crippen molar-refractivity contribution in [3.8, 4) is 17.2 Å². The largest absolute Gasteiger partial charge is 0.760 e. The first kappa shape index (κ1) is 37.8. The summed E-state index contributed by atoms with van der Waals surface area (Å²) in [6.07, 6.45) is 2.66. The molecule has 0 aliphatic heterocycles. The van der Waals surface area contributed by atoms with Gasteiger partial charge in [0, 0.05) is 42.5 Å². The second-order valence-electron chi connectivity index (χ2n) is 11.5. The highest BCUT2D eigenvalue weighted by Crippen LogP contribution is 2.44. The van der Waals surface area contributed by atoms with E-state index in [4.69, 9.17) is 44.0 Å². The van der Waals surface area contributed by atoms with Gasteiger partial charge in [-0.15, -0.1) is 0 Å². The predicted molar refractivity (Wildman–Crippen MR) is 187 cm³/mol. The molecular formula is C36H40ClN2O9S-. The van der Waals surface area contributed by atoms with E-state index in [1.807, 2.05) is 72.8 Å². The quantitative estimate of drug-likeness (QED) is 0.0712. The average molecular weight is 712 g/mol. The Morgan fingerprint density at radius 1 is 0.898 bits per heavy atom. The molecular weight excluding hydrogens is 672 g/mol. The van der Waals surface area contributed by atoms with Gasteiger partial charge in [0.05, 0.1) is 24.6 Å². The van der Waals surface area contributed by atoms with E-state index in [-0.39, 0.29) is 23.0 Å². The van der Waals surface area contributed by atoms with E-state index < -0.39 is 23.0 Å². The SMILES string of the molecule is COc1ccc(Cc2ccc(OC[C@@]3(C(OC)OC)CCCc4cc(Cl)ccc43)c([N+](=O)[O-])c2Cc2ccc(OC)cc2)cc1.NS(=O)[O-]. The van der Waals surface area contributed by atoms with Gasteiger partial charge in [0.2, 0.25) is 0 Å². The van der Waals surface area contributed by atoms with Crippen LogP contribution in [0.5, 0.6) is 17.2 Å². The number of hydrogen-bond donors (Lipinski definition) is 1. The van der Waals surface area contributed by atoms with Crippen LogP contribution in [-0.4, -0.2) is 55.0 Å². The van der Waals surface area contributed by atoms with Crippen molar-refractivity contribution in [1.82, 2.24) is 0 Å². The first-order chi connectivity index (χ1) is 23.5. The number of nitro groups is 1. The van der Waals surface area contributed by atoms with Crippen LogP contribution in [0.4, 0.5) is 5.69 Å². The average Bonchev–Trinajstić information content (AvgIpc) is 3.09. The maximum absolute atomic E-state index is 12.9. The zero-order chi connectivity index (χ0) is 35.6. The van der Waals surface area contributed by atoms with Gasteiger partial charge in [-0.2, -0.15) is 0 Å². The monoisotopic (exact) mass is 711 g/mol. The van der Waals surface area contributed by atoms with Crippen molar-refractivity contribution < 1.29 is 37.4 Å². The molecule has 0 saturated carbocycles. The molecule has 49 heavy (non-hydrogen) atoms. The summed E-state index contributed by atoms with van der Waals surface area (Å²) in [7, 11) is 6.43. The summed E-state index contributed by atoms with van der Waals surface area (Å²) in [5.41, 5.74) is 4.73. The number of ether oxygens (including phenoxy) is 5. The van der Waals surface area contributed by atoms with Gasteiger partial charge in [0.15, 0.2) is 12.0 Å². The summed E-state index contributed by atoms with van der Waals surface area (Å²) in [4.78, 5) is 12.5. The second-order valence-corrected chi connectivity index (χ2v) is 12.5. The molecule has 0 heterocycles. The number of nitrogens with two attached hydrogens (primary N) is 1. The van der Waals surface area contributed by atoms with E-state index >= 15 is 0 Å². The van der Waals surface area contributed by atoms with Crippen LogP contribution >= 0.6 is 11.6 Å². The molecule has 2 atom stereocenters. The Hall–Kier alpha value is -4.04. The molecule has 0 fully saturated rings. The highest BCUT2D eigenvalue weighted by molar-refractivity contribution is 7.76. The third-order valence-corrected chi connectivity index (χ3v) is 8.89. The molecule has 4 aromatic rings. The topological polar surface area (TPSA) is 155 Å². The third-order valence-electron chi connectivity index (χ3n) is 8.66. The van der Waals surface area contributed by atoms with E-state index in [1.54, 1.807) is 34.5 Å². The van der Waals surface area contributed by atoms with Crippen molar-refractivity contribution in [3.63, 3.8) is 0 Å². The molecule has 11 nitrogen and oxygen atoms in total. The smallest absolute Gasteiger partial charge is 0.314 e. The van der Waals surface area contributed by atoms with Crippen LogP contribution in [0.1, 0.15) is 46.2 Å². The summed E-state index contributed by atoms with van der Waals surface area (Å²) in [6, 6.07) is 24.7. The first-order valence-electron chi connectivity index (χ1n) is 15.4. The summed E-state index contributed by atoms with van der Waals surface area (Å²) in [6.45, 7) is 0.120. The molecule has 13 heteroatoms. The van der Waals surface area contributed by atoms with Crippen molar-refractivity contribution in [2.24, 2.45) is 5.14 Å². The molecule has 0 aromatic heterocycles. The number of benzene rings is 4. The zero-order valence-corrected chi connectivity index (χ0v) is 29.4. The molecule has 2 N–H and O–H groups in total. The second kappa shape index (κ2) is 17.6. The van der Waals surface area contributed by atoms with Gasteiger partial charge in [0.1, 0.15) is 18.1 Å². The molecule has 1 aliphatic rings. The first-order valence-corrected chi connectivity index (χ1v) is 16.9. The van der Waals surface area contributed by atoms with Crippen LogP contribution in [-0.2, 0) is 45.4 Å². The summed E-state index contributed by atoms with van der Waals surface area (Å²) in [5, 5.41) is 17.5. The number of methoxy groups -OCH3 is 4. The predicted octanol–water partition coefficient (Wildman–Crippen LogP) is 6.46. The Morgan fingerprint density at radius 3 is 2.00 bits per heavy atom. The van der Waals surface area contributed by atoms with E-state index in [2.05, 4.69) is 5.14 Å². The Bertz CT molecular complexity index is 1730. The lowest BCUT2D eigenvalue weighted by Gasteiger charge is -2.43. The fraction of sp³-hybridized carbons (Fsp3) is 0.333. The lowest BCUT2D eigenvalue weighted by molar-refractivity contribution is -0.386. The van der Waals surface area contributed by atoms with Gasteiger partial charge < -0.3 is 28.2 Å². The van der Waals surface area contributed by atoms with Gasteiger partial charge in [-0.1, -0.05) is 48.0 Å². The molecule has 1 unspecified atom stereocenters. The lowest BCUT2D eigenvalue weighted by Crippen LogP contribution is -2.49. The maximum atomic E-state index is 12.9. The number of rotatable bonds is 13. The van der Waals surface area contributed by atoms with Gasteiger partial charge >= 0.3 is 5.69 Å². The van der Waals surface area contributed by atoms with Crippen LogP contribution in [0, 0.1) is 10.1 Å². The Morgan fingerprint density at radius 2 is 1.47 bits per heavy atom. The van der Waals surface area contributed by atoms with E-state index in [0.717, 1.165) is 52.8 Å². The zero-order valence-electron chi connectivity index (χ0n) is 27.8. The van der Waals surface area contributed by atoms with Crippen molar-refractivity contribution in [2.75, 3.05) is 35.0 Å². The van der Waals surface area contributed by atoms with Gasteiger partial charge in [-0.25, -0.2) is 0 Å². The fourth-order valence-electron chi connectivity index (χ4n) is 6.45. The molecule has 262 valence electrons. The van der Waals surface area contributed by atoms with Crippen molar-refractivity contribution in [3.05, 3.63) is 127 Å². The highest BCUT2D eigenvalue weighted by Gasteiger charge is 2.46. The highest BCUT2D eigenvalue weighted by atomic mass is 35.5. The molecule has 0 radical (unpaired) electrons. The van der Waals surface area contributed by atoms with Gasteiger partial charge in [-0.05, 0) is 96.0 Å². The molecule has 4 aromatic carbocycles. The molecule has 0 spiro atoms. The normalized spacial score (nSPS) is 15.8. The standard InChI is InChI=1S/C36H38ClNO7.H3NO2S/c1-41-29-13-7-24(8-14-29)20-26-11-18-33(34(38(39)40)31(26)21-25-9-15-30(42-2)16-10-25)45-23-36(35(43-3)44-4)19-5-6-27-22-28(37)12-17-32(27)36;1-4(2)3/h7-18,22,35H,5-6,19-21,23H2,1-4H3;1H2,(H,2,3)/p-1/t36-;/m0./s1. The number of nitrogens with zero attached hydrogens (tertiary/aromatic N) is 1. The molecule has 0 saturated heterocycles. The number of halogens is 1. The van der Waals surface area contributed by atoms with E-state index in [9.17, 15) is 10.1 Å². The lowest BCUT2D eigenvalue weighted by atomic mass is 9.69. The van der Waals surface area contributed by atoms with Gasteiger partial charge in [-0.3, -0.25) is 19.5 Å². The van der Waals surface area contributed by atoms with Crippen LogP contribution < -0.4 is 19.3 Å². The summed E-state index contributed by atoms with van der Waals surface area (Å²) in [5.74, 6) is 1.67. The van der Waals surface area contributed by atoms with Crippen molar-refractivity contribution in [2.45, 2.75) is 43.8 Å². The molecule has 0 amide bonds. The number of nitro benzene ring substituents is 1. The number of aryl methyl sites for hydroxylation is 1. The van der Waals surface area contributed by atoms with Crippen LogP contribution in [0.3, 0.4) is 0 Å². The molecule has 5 rings (SSSR count). The van der Waals surface area contributed by atoms with E-state index in [0.29, 0.717) is 29.2 Å². The minimum absolute atomic E-state index is 0.0505. The van der Waals surface area contributed by atoms with Crippen molar-refractivity contribution >= 4 is 28.6 Å². The Labute approximate surface area is 293 Å². The fourth-order valence-corrected chi connectivity index (χ4v) is 6.64. The van der Waals surface area contributed by atoms with Crippen LogP contribution in [0.2, 0.25) is 5.02 Å². The third kappa shape index (κ3) is 9.35. The minimum atomic E-state index is -2.36. The van der Waals surface area contributed by atoms with Crippen LogP contribution in [0.25, 0.3) is 0 Å². The van der Waals surface area contributed by atoms with E-state index in [1.165, 1.54) is 0 Å². The van der Waals surface area contributed by atoms with Crippen molar-refractivity contribution in [1.29, 1.82) is 0 Å². The minimum Gasteiger partial charge on any atom is -0.760 e. The number of hydrogen-bond acceptors (Lipinski definition) is 9. The van der Waals surface area contributed by atoms with Gasteiger partial charge in [0.25, 0.3) is 0 Å². The Balaban J connectivity index is 0.00000128. The molecule has 1 aliphatic carbocycles. The number of fused-ring (bicyclic) bond motifs is 1. The maximum Gasteiger partial charge on any atom is 0.314 e. The summed E-state index contributed by atoms with van der Waals surface area (Å²) >= 11 is 3.99. The molecule has 0 bridgehead atoms. The van der Waals surface area contributed by atoms with Crippen LogP contribution in [0.15, 0.2) is 78.9 Å².